The Balaban J connectivity index is 2.83. The number of imide groups is 1. The van der Waals surface area contributed by atoms with E-state index < -0.39 is 5.54 Å². The van der Waals surface area contributed by atoms with Crippen LogP contribution in [0.4, 0.5) is 4.79 Å². The number of nitrogens with one attached hydrogen (secondary N) is 2. The van der Waals surface area contributed by atoms with Crippen molar-refractivity contribution >= 4 is 11.9 Å². The van der Waals surface area contributed by atoms with Gasteiger partial charge in [-0.2, -0.15) is 0 Å². The molecule has 1 rings (SSSR count). The number of carbonyl (C=O) groups excluding carboxylic acids is 2. The molecule has 0 saturated carbocycles. The van der Waals surface area contributed by atoms with Gasteiger partial charge < -0.3 is 5.32 Å². The van der Waals surface area contributed by atoms with Crippen LogP contribution in [0.3, 0.4) is 0 Å². The Bertz CT molecular complexity index is 225. The van der Waals surface area contributed by atoms with Crippen molar-refractivity contribution in [3.05, 3.63) is 0 Å². The van der Waals surface area contributed by atoms with Gasteiger partial charge in [0, 0.05) is 0 Å². The van der Waals surface area contributed by atoms with Crippen molar-refractivity contribution in [3.63, 3.8) is 0 Å². The van der Waals surface area contributed by atoms with Crippen molar-refractivity contribution in [3.8, 4) is 0 Å². The van der Waals surface area contributed by atoms with Crippen LogP contribution in [-0.4, -0.2) is 36.1 Å². The van der Waals surface area contributed by atoms with Crippen molar-refractivity contribution in [1.29, 1.82) is 0 Å². The highest BCUT2D eigenvalue weighted by atomic mass is 16.2. The number of amides is 3. The summed E-state index contributed by atoms with van der Waals surface area (Å²) in [6.45, 7) is 3.81. The average molecular weight is 171 g/mol. The molecule has 0 unspecified atom stereocenters. The van der Waals surface area contributed by atoms with Crippen molar-refractivity contribution in [1.82, 2.24) is 15.5 Å². The van der Waals surface area contributed by atoms with E-state index in [0.717, 1.165) is 0 Å². The number of urea groups is 1. The molecule has 0 aromatic heterocycles. The zero-order valence-electron chi connectivity index (χ0n) is 7.47. The topological polar surface area (TPSA) is 61.4 Å². The van der Waals surface area contributed by atoms with Crippen LogP contribution in [-0.2, 0) is 4.79 Å². The minimum atomic E-state index is -0.736. The van der Waals surface area contributed by atoms with Gasteiger partial charge in [0.2, 0.25) is 0 Å². The molecule has 1 heterocycles. The standard InChI is InChI=1S/C7H13N3O2/c1-7(2)5(11)9-6(12)10(7)4-8-3/h8H,4H2,1-3H3,(H,9,11,12). The molecule has 0 bridgehead atoms. The Morgan fingerprint density at radius 1 is 1.50 bits per heavy atom. The summed E-state index contributed by atoms with van der Waals surface area (Å²) in [6.07, 6.45) is 0. The second-order valence-corrected chi connectivity index (χ2v) is 3.26. The van der Waals surface area contributed by atoms with E-state index in [1.165, 1.54) is 4.90 Å². The van der Waals surface area contributed by atoms with Crippen LogP contribution in [0.2, 0.25) is 0 Å². The van der Waals surface area contributed by atoms with E-state index in [4.69, 9.17) is 0 Å². The Morgan fingerprint density at radius 2 is 2.08 bits per heavy atom. The minimum Gasteiger partial charge on any atom is -0.303 e. The lowest BCUT2D eigenvalue weighted by Gasteiger charge is -2.27. The first kappa shape index (κ1) is 8.99. The third-order valence-electron chi connectivity index (χ3n) is 2.01. The van der Waals surface area contributed by atoms with Gasteiger partial charge in [0.1, 0.15) is 5.54 Å². The lowest BCUT2D eigenvalue weighted by atomic mass is 10.1. The number of carbonyl (C=O) groups is 2. The molecule has 68 valence electrons. The SMILES string of the molecule is CNCN1C(=O)NC(=O)C1(C)C. The minimum absolute atomic E-state index is 0.247. The Morgan fingerprint density at radius 3 is 2.42 bits per heavy atom. The largest absolute Gasteiger partial charge is 0.326 e. The molecule has 12 heavy (non-hydrogen) atoms. The Kier molecular flexibility index (Phi) is 2.06. The predicted molar refractivity (Wildman–Crippen MR) is 43.4 cm³/mol. The van der Waals surface area contributed by atoms with Crippen molar-refractivity contribution in [2.24, 2.45) is 0 Å². The summed E-state index contributed by atoms with van der Waals surface area (Å²) in [5.41, 5.74) is -0.736. The van der Waals surface area contributed by atoms with Crippen LogP contribution >= 0.6 is 0 Å². The second kappa shape index (κ2) is 2.75. The van der Waals surface area contributed by atoms with E-state index in [1.807, 2.05) is 0 Å². The summed E-state index contributed by atoms with van der Waals surface area (Å²) in [4.78, 5) is 23.8. The van der Waals surface area contributed by atoms with Crippen LogP contribution in [0, 0.1) is 0 Å². The second-order valence-electron chi connectivity index (χ2n) is 3.26. The Labute approximate surface area is 71.1 Å². The highest BCUT2D eigenvalue weighted by molar-refractivity contribution is 6.06. The molecular weight excluding hydrogens is 158 g/mol. The lowest BCUT2D eigenvalue weighted by Crippen LogP contribution is -2.47. The van der Waals surface area contributed by atoms with Gasteiger partial charge >= 0.3 is 6.03 Å². The summed E-state index contributed by atoms with van der Waals surface area (Å²) in [7, 11) is 1.73. The van der Waals surface area contributed by atoms with Crippen molar-refractivity contribution < 1.29 is 9.59 Å². The van der Waals surface area contributed by atoms with Crippen LogP contribution in [0.25, 0.3) is 0 Å². The fourth-order valence-corrected chi connectivity index (χ4v) is 1.12. The van der Waals surface area contributed by atoms with Gasteiger partial charge in [0.15, 0.2) is 0 Å². The van der Waals surface area contributed by atoms with Gasteiger partial charge in [-0.15, -0.1) is 0 Å². The van der Waals surface area contributed by atoms with Crippen molar-refractivity contribution in [2.45, 2.75) is 19.4 Å². The van der Waals surface area contributed by atoms with Crippen LogP contribution in [0.5, 0.6) is 0 Å². The van der Waals surface area contributed by atoms with Crippen LogP contribution < -0.4 is 10.6 Å². The summed E-state index contributed by atoms with van der Waals surface area (Å²) < 4.78 is 0. The van der Waals surface area contributed by atoms with Gasteiger partial charge in [0.25, 0.3) is 5.91 Å². The molecule has 1 aliphatic rings. The molecule has 0 aromatic rings. The van der Waals surface area contributed by atoms with Gasteiger partial charge in [0.05, 0.1) is 6.67 Å². The lowest BCUT2D eigenvalue weighted by molar-refractivity contribution is -0.125. The molecule has 1 fully saturated rings. The quantitative estimate of drug-likeness (QED) is 0.550. The molecule has 0 aliphatic carbocycles. The third-order valence-corrected chi connectivity index (χ3v) is 2.01. The summed E-state index contributed by atoms with van der Waals surface area (Å²) in [5, 5.41) is 5.08. The zero-order chi connectivity index (χ0) is 9.35. The van der Waals surface area contributed by atoms with E-state index in [1.54, 1.807) is 20.9 Å². The predicted octanol–water partition coefficient (Wildman–Crippen LogP) is -0.506. The molecule has 0 spiro atoms. The molecule has 5 nitrogen and oxygen atoms in total. The summed E-state index contributed by atoms with van der Waals surface area (Å²) in [6, 6.07) is -0.334. The smallest absolute Gasteiger partial charge is 0.303 e. The monoisotopic (exact) mass is 171 g/mol. The van der Waals surface area contributed by atoms with Crippen LogP contribution in [0.15, 0.2) is 0 Å². The van der Waals surface area contributed by atoms with E-state index in [2.05, 4.69) is 10.6 Å². The average Bonchev–Trinajstić information content (AvgIpc) is 2.14. The van der Waals surface area contributed by atoms with E-state index >= 15 is 0 Å². The zero-order valence-corrected chi connectivity index (χ0v) is 7.47. The fourth-order valence-electron chi connectivity index (χ4n) is 1.12. The molecule has 1 aliphatic heterocycles. The highest BCUT2D eigenvalue weighted by Crippen LogP contribution is 2.19. The normalized spacial score (nSPS) is 21.4. The molecule has 0 atom stereocenters. The molecule has 5 heteroatoms. The maximum Gasteiger partial charge on any atom is 0.326 e. The van der Waals surface area contributed by atoms with Gasteiger partial charge in [-0.1, -0.05) is 0 Å². The number of rotatable bonds is 2. The third kappa shape index (κ3) is 1.16. The summed E-state index contributed by atoms with van der Waals surface area (Å²) >= 11 is 0. The maximum absolute atomic E-state index is 11.2. The fraction of sp³-hybridized carbons (Fsp3) is 0.714. The number of hydrogen-bond donors (Lipinski definition) is 2. The molecule has 1 saturated heterocycles. The maximum atomic E-state index is 11.2. The Hall–Kier alpha value is -1.10. The molecule has 0 radical (unpaired) electrons. The molecule has 3 amide bonds. The molecular formula is C7H13N3O2. The molecule has 2 N–H and O–H groups in total. The van der Waals surface area contributed by atoms with E-state index in [-0.39, 0.29) is 11.9 Å². The van der Waals surface area contributed by atoms with Gasteiger partial charge in [-0.25, -0.2) is 4.79 Å². The van der Waals surface area contributed by atoms with Gasteiger partial charge in [-0.05, 0) is 20.9 Å². The highest BCUT2D eigenvalue weighted by Gasteiger charge is 2.44. The van der Waals surface area contributed by atoms with Crippen LogP contribution in [0.1, 0.15) is 13.8 Å². The first-order chi connectivity index (χ1) is 5.50. The number of nitrogens with zero attached hydrogens (tertiary/aromatic N) is 1. The molecule has 0 aromatic carbocycles. The summed E-state index contributed by atoms with van der Waals surface area (Å²) in [5.74, 6) is -0.247. The van der Waals surface area contributed by atoms with E-state index in [0.29, 0.717) is 6.67 Å². The van der Waals surface area contributed by atoms with E-state index in [9.17, 15) is 9.59 Å². The van der Waals surface area contributed by atoms with Crippen molar-refractivity contribution in [2.75, 3.05) is 13.7 Å². The first-order valence-electron chi connectivity index (χ1n) is 3.78. The first-order valence-corrected chi connectivity index (χ1v) is 3.78. The number of hydrogen-bond acceptors (Lipinski definition) is 3. The van der Waals surface area contributed by atoms with Gasteiger partial charge in [-0.3, -0.25) is 15.0 Å².